The third kappa shape index (κ3) is 4.95. The minimum atomic E-state index is -0.715. The Kier molecular flexibility index (Phi) is 8.13. The minimum absolute atomic E-state index is 0.153. The van der Waals surface area contributed by atoms with E-state index >= 15 is 0 Å². The van der Waals surface area contributed by atoms with Crippen molar-refractivity contribution in [2.45, 2.75) is 125 Å². The summed E-state index contributed by atoms with van der Waals surface area (Å²) in [6, 6.07) is 0. The number of fused-ring (bicyclic) bond motifs is 5. The summed E-state index contributed by atoms with van der Waals surface area (Å²) in [4.78, 5) is 15.3. The quantitative estimate of drug-likeness (QED) is 0.164. The third-order valence-corrected chi connectivity index (χ3v) is 11.7. The second-order valence-corrected chi connectivity index (χ2v) is 14.0. The van der Waals surface area contributed by atoms with E-state index in [2.05, 4.69) is 39.6 Å². The van der Waals surface area contributed by atoms with Crippen LogP contribution in [0.4, 0.5) is 0 Å². The highest BCUT2D eigenvalue weighted by molar-refractivity contribution is 5.90. The van der Waals surface area contributed by atoms with Gasteiger partial charge < -0.3 is 9.84 Å². The zero-order valence-electron chi connectivity index (χ0n) is 23.8. The molecule has 4 aliphatic carbocycles. The number of hydrogen-bond donors (Lipinski definition) is 1. The summed E-state index contributed by atoms with van der Waals surface area (Å²) < 4.78 is 5.70. The van der Waals surface area contributed by atoms with Crippen LogP contribution >= 0.6 is 0 Å². The SMILES string of the molecule is C/C(O)=C(\[N+]#N)C(=O)O[C@H]1CC[C@@]2(C)[C@@H](CC[C@@H]3[C@@H]2CC[C@]2(C)[C@@H]([C@H](C)CCCC(C)C)CC[C@@H]32)C1. The Morgan fingerprint density at radius 2 is 1.69 bits per heavy atom. The first-order valence-electron chi connectivity index (χ1n) is 15.0. The third-order valence-electron chi connectivity index (χ3n) is 11.7. The lowest BCUT2D eigenvalue weighted by atomic mass is 9.44. The van der Waals surface area contributed by atoms with Crippen molar-refractivity contribution in [3.8, 4) is 0 Å². The maximum absolute atomic E-state index is 12.4. The van der Waals surface area contributed by atoms with E-state index in [0.29, 0.717) is 16.7 Å². The molecule has 0 aromatic rings. The lowest BCUT2D eigenvalue weighted by molar-refractivity contribution is -0.158. The highest BCUT2D eigenvalue weighted by atomic mass is 16.5. The van der Waals surface area contributed by atoms with Crippen LogP contribution in [-0.4, -0.2) is 17.2 Å². The molecular formula is C31H51N2O3+. The van der Waals surface area contributed by atoms with Gasteiger partial charge in [0, 0.05) is 6.92 Å². The number of ether oxygens (including phenoxy) is 1. The van der Waals surface area contributed by atoms with Gasteiger partial charge in [0.25, 0.3) is 0 Å². The second kappa shape index (κ2) is 10.7. The van der Waals surface area contributed by atoms with E-state index in [1.807, 2.05) is 0 Å². The van der Waals surface area contributed by atoms with Gasteiger partial charge in [0.05, 0.1) is 0 Å². The summed E-state index contributed by atoms with van der Waals surface area (Å²) in [5.41, 5.74) is 0.474. The van der Waals surface area contributed by atoms with E-state index in [9.17, 15) is 9.90 Å². The normalized spacial score (nSPS) is 41.4. The Balaban J connectivity index is 1.41. The number of carbonyl (C=O) groups is 1. The molecule has 36 heavy (non-hydrogen) atoms. The molecule has 4 rings (SSSR count). The standard InChI is InChI=1S/C31H50N2O3/c1-19(2)8-7-9-20(3)25-12-13-26-24-11-10-22-18-23(36-29(35)28(33-32)21(4)34)14-16-30(22,5)27(24)15-17-31(25,26)6/h19-20,22-27H,7-18H2,1-6H3/p+1/t20-,22+,23+,24+,25-,26+,27+,30+,31-/m1/s1. The number of rotatable bonds is 7. The van der Waals surface area contributed by atoms with Crippen LogP contribution in [0, 0.1) is 57.6 Å². The largest absolute Gasteiger partial charge is 0.505 e. The van der Waals surface area contributed by atoms with E-state index in [1.54, 1.807) is 0 Å². The lowest BCUT2D eigenvalue weighted by Gasteiger charge is -2.61. The Bertz CT molecular complexity index is 887. The van der Waals surface area contributed by atoms with E-state index in [-0.39, 0.29) is 17.6 Å². The predicted octanol–water partition coefficient (Wildman–Crippen LogP) is 8.66. The summed E-state index contributed by atoms with van der Waals surface area (Å²) >= 11 is 0. The molecule has 0 amide bonds. The van der Waals surface area contributed by atoms with E-state index in [0.717, 1.165) is 54.8 Å². The summed E-state index contributed by atoms with van der Waals surface area (Å²) in [5.74, 6) is 4.65. The molecule has 4 fully saturated rings. The Hall–Kier alpha value is -1.57. The van der Waals surface area contributed by atoms with Crippen LogP contribution in [0.25, 0.3) is 4.98 Å². The van der Waals surface area contributed by atoms with Crippen LogP contribution in [0.2, 0.25) is 0 Å². The molecule has 0 aromatic carbocycles. The Morgan fingerprint density at radius 1 is 1.00 bits per heavy atom. The van der Waals surface area contributed by atoms with Gasteiger partial charge in [-0.3, -0.25) is 0 Å². The number of nitrogens with zero attached hydrogens (tertiary/aromatic N) is 2. The van der Waals surface area contributed by atoms with Gasteiger partial charge in [0.2, 0.25) is 5.39 Å². The fourth-order valence-electron chi connectivity index (χ4n) is 9.82. The summed E-state index contributed by atoms with van der Waals surface area (Å²) in [6.07, 6.45) is 15.0. The topological polar surface area (TPSA) is 74.7 Å². The van der Waals surface area contributed by atoms with Crippen molar-refractivity contribution in [2.24, 2.45) is 52.3 Å². The van der Waals surface area contributed by atoms with Crippen molar-refractivity contribution in [3.63, 3.8) is 0 Å². The summed E-state index contributed by atoms with van der Waals surface area (Å²) in [7, 11) is 0. The molecule has 9 atom stereocenters. The van der Waals surface area contributed by atoms with Gasteiger partial charge in [0.1, 0.15) is 6.10 Å². The van der Waals surface area contributed by atoms with Crippen LogP contribution in [0.1, 0.15) is 119 Å². The molecule has 0 saturated heterocycles. The molecule has 0 aromatic heterocycles. The number of diazo groups is 1. The number of aliphatic hydroxyl groups is 1. The van der Waals surface area contributed by atoms with Gasteiger partial charge in [-0.05, 0) is 110 Å². The van der Waals surface area contributed by atoms with Crippen molar-refractivity contribution < 1.29 is 14.6 Å². The zero-order chi connectivity index (χ0) is 26.3. The maximum Gasteiger partial charge on any atom is 0.504 e. The number of aliphatic hydroxyl groups excluding tert-OH is 1. The van der Waals surface area contributed by atoms with E-state index in [4.69, 9.17) is 10.1 Å². The van der Waals surface area contributed by atoms with Crippen molar-refractivity contribution in [1.82, 2.24) is 0 Å². The molecule has 1 N–H and O–H groups in total. The van der Waals surface area contributed by atoms with Crippen LogP contribution < -0.4 is 0 Å². The second-order valence-electron chi connectivity index (χ2n) is 14.0. The molecule has 0 radical (unpaired) electrons. The summed E-state index contributed by atoms with van der Waals surface area (Å²) in [6.45, 7) is 13.8. The van der Waals surface area contributed by atoms with Gasteiger partial charge in [-0.25, -0.2) is 4.79 Å². The van der Waals surface area contributed by atoms with Crippen LogP contribution in [-0.2, 0) is 9.53 Å². The van der Waals surface area contributed by atoms with Gasteiger partial charge >= 0.3 is 11.7 Å². The lowest BCUT2D eigenvalue weighted by Crippen LogP contribution is -2.54. The minimum Gasteiger partial charge on any atom is -0.505 e. The first kappa shape index (κ1) is 27.5. The summed E-state index contributed by atoms with van der Waals surface area (Å²) in [5, 5.41) is 18.7. The Morgan fingerprint density at radius 3 is 2.36 bits per heavy atom. The fourth-order valence-corrected chi connectivity index (χ4v) is 9.82. The van der Waals surface area contributed by atoms with Crippen molar-refractivity contribution in [3.05, 3.63) is 16.4 Å². The van der Waals surface area contributed by atoms with Crippen LogP contribution in [0.5, 0.6) is 0 Å². The Labute approximate surface area is 219 Å². The smallest absolute Gasteiger partial charge is 0.504 e. The highest BCUT2D eigenvalue weighted by Crippen LogP contribution is 2.68. The van der Waals surface area contributed by atoms with Crippen LogP contribution in [0.15, 0.2) is 11.5 Å². The highest BCUT2D eigenvalue weighted by Gasteiger charge is 2.60. The van der Waals surface area contributed by atoms with E-state index < -0.39 is 5.97 Å². The number of carbonyl (C=O) groups excluding carboxylic acids is 1. The van der Waals surface area contributed by atoms with Crippen molar-refractivity contribution in [1.29, 1.82) is 5.39 Å². The van der Waals surface area contributed by atoms with Crippen LogP contribution in [0.3, 0.4) is 0 Å². The average Bonchev–Trinajstić information content (AvgIpc) is 3.16. The molecule has 0 unspecified atom stereocenters. The molecule has 0 spiro atoms. The van der Waals surface area contributed by atoms with Gasteiger partial charge in [0.15, 0.2) is 10.7 Å². The molecular weight excluding hydrogens is 448 g/mol. The predicted molar refractivity (Wildman–Crippen MR) is 143 cm³/mol. The monoisotopic (exact) mass is 499 g/mol. The van der Waals surface area contributed by atoms with Gasteiger partial charge in [-0.2, -0.15) is 0 Å². The number of hydrogen-bond acceptors (Lipinski definition) is 4. The molecule has 5 nitrogen and oxygen atoms in total. The van der Waals surface area contributed by atoms with Crippen molar-refractivity contribution in [2.75, 3.05) is 0 Å². The van der Waals surface area contributed by atoms with E-state index in [1.165, 1.54) is 64.7 Å². The number of esters is 1. The van der Waals surface area contributed by atoms with Gasteiger partial charge in [-0.1, -0.05) is 53.9 Å². The van der Waals surface area contributed by atoms with Gasteiger partial charge in [-0.15, -0.1) is 0 Å². The maximum atomic E-state index is 12.4. The molecule has 202 valence electrons. The first-order valence-corrected chi connectivity index (χ1v) is 15.0. The zero-order valence-corrected chi connectivity index (χ0v) is 23.8. The molecule has 4 saturated carbocycles. The number of allylic oxidation sites excluding steroid dienone is 1. The molecule has 5 heteroatoms. The molecule has 0 aliphatic heterocycles. The fraction of sp³-hybridized carbons (Fsp3) is 0.903. The molecule has 0 bridgehead atoms. The van der Waals surface area contributed by atoms with Crippen molar-refractivity contribution >= 4 is 5.97 Å². The first-order chi connectivity index (χ1) is 17.0. The molecule has 0 heterocycles. The average molecular weight is 500 g/mol. The molecule has 4 aliphatic rings.